The van der Waals surface area contributed by atoms with Gasteiger partial charge in [0.2, 0.25) is 0 Å². The minimum atomic E-state index is -4.96. The average molecular weight is 1450 g/mol. The van der Waals surface area contributed by atoms with Crippen LogP contribution in [0.2, 0.25) is 0 Å². The van der Waals surface area contributed by atoms with E-state index < -0.39 is 97.5 Å². The van der Waals surface area contributed by atoms with Crippen LogP contribution in [0.15, 0.2) is 0 Å². The summed E-state index contributed by atoms with van der Waals surface area (Å²) in [7, 11) is -9.92. The molecular formula is C80H156O17P2. The van der Waals surface area contributed by atoms with Gasteiger partial charge in [-0.2, -0.15) is 0 Å². The minimum Gasteiger partial charge on any atom is -0.462 e. The van der Waals surface area contributed by atoms with Gasteiger partial charge in [0.05, 0.1) is 26.4 Å². The van der Waals surface area contributed by atoms with Crippen LogP contribution in [-0.4, -0.2) is 96.7 Å². The Kier molecular flexibility index (Phi) is 67.8. The van der Waals surface area contributed by atoms with Crippen molar-refractivity contribution < 1.29 is 80.2 Å². The summed E-state index contributed by atoms with van der Waals surface area (Å²) >= 11 is 0. The van der Waals surface area contributed by atoms with Gasteiger partial charge in [-0.25, -0.2) is 9.13 Å². The maximum absolute atomic E-state index is 13.1. The lowest BCUT2D eigenvalue weighted by molar-refractivity contribution is -0.161. The van der Waals surface area contributed by atoms with Crippen molar-refractivity contribution in [2.24, 2.45) is 23.7 Å². The van der Waals surface area contributed by atoms with Crippen LogP contribution in [0.3, 0.4) is 0 Å². The number of phosphoric ester groups is 2. The third-order valence-corrected chi connectivity index (χ3v) is 20.5. The predicted molar refractivity (Wildman–Crippen MR) is 404 cm³/mol. The molecule has 0 aliphatic carbocycles. The van der Waals surface area contributed by atoms with E-state index in [1.807, 2.05) is 0 Å². The summed E-state index contributed by atoms with van der Waals surface area (Å²) in [5, 5.41) is 10.6. The molecule has 3 N–H and O–H groups in total. The van der Waals surface area contributed by atoms with Crippen LogP contribution in [0, 0.1) is 23.7 Å². The smallest absolute Gasteiger partial charge is 0.462 e. The average Bonchev–Trinajstić information content (AvgIpc) is 1.07. The van der Waals surface area contributed by atoms with Crippen LogP contribution in [0.1, 0.15) is 409 Å². The largest absolute Gasteiger partial charge is 0.472 e. The molecule has 0 aromatic heterocycles. The molecule has 0 amide bonds. The second-order valence-corrected chi connectivity index (χ2v) is 33.6. The number of unbranched alkanes of at least 4 members (excludes halogenated alkanes) is 43. The molecule has 0 aliphatic rings. The SMILES string of the molecule is CC(C)CCCCCCCCCCCCCCCCCCCCC(=O)O[C@H](COC(=O)CCCCCCCCCC(C)C)COP(=O)(O)OCC(O)COP(=O)(O)OC[C@@H](COC(=O)CCCCCCCCCCCCCC(C)C)OC(=O)CCCCCCCCCCCCCC(C)C. The van der Waals surface area contributed by atoms with Gasteiger partial charge in [-0.15, -0.1) is 0 Å². The molecule has 0 rings (SSSR count). The molecule has 0 saturated heterocycles. The number of carbonyl (C=O) groups is 4. The monoisotopic (exact) mass is 1450 g/mol. The third-order valence-electron chi connectivity index (χ3n) is 18.6. The zero-order valence-corrected chi connectivity index (χ0v) is 66.9. The van der Waals surface area contributed by atoms with Crippen molar-refractivity contribution in [2.45, 2.75) is 427 Å². The molecule has 3 unspecified atom stereocenters. The summed E-state index contributed by atoms with van der Waals surface area (Å²) in [6, 6.07) is 0. The zero-order chi connectivity index (χ0) is 73.1. The second-order valence-electron chi connectivity index (χ2n) is 30.7. The van der Waals surface area contributed by atoms with Gasteiger partial charge in [-0.1, -0.05) is 357 Å². The summed E-state index contributed by atoms with van der Waals surface area (Å²) in [6.45, 7) is 14.2. The molecule has 0 saturated carbocycles. The summed E-state index contributed by atoms with van der Waals surface area (Å²) in [5.74, 6) is 0.945. The van der Waals surface area contributed by atoms with E-state index in [4.69, 9.17) is 37.0 Å². The number of ether oxygens (including phenoxy) is 4. The number of rotatable bonds is 77. The Morgan fingerprint density at radius 2 is 0.424 bits per heavy atom. The highest BCUT2D eigenvalue weighted by atomic mass is 31.2. The van der Waals surface area contributed by atoms with Crippen molar-refractivity contribution in [1.29, 1.82) is 0 Å². The van der Waals surface area contributed by atoms with E-state index in [2.05, 4.69) is 55.4 Å². The van der Waals surface area contributed by atoms with Crippen LogP contribution >= 0.6 is 15.6 Å². The van der Waals surface area contributed by atoms with Gasteiger partial charge in [0.25, 0.3) is 0 Å². The van der Waals surface area contributed by atoms with Crippen molar-refractivity contribution in [3.8, 4) is 0 Å². The highest BCUT2D eigenvalue weighted by Crippen LogP contribution is 2.45. The Balaban J connectivity index is 5.20. The van der Waals surface area contributed by atoms with Crippen LogP contribution in [0.25, 0.3) is 0 Å². The van der Waals surface area contributed by atoms with E-state index >= 15 is 0 Å². The van der Waals surface area contributed by atoms with Crippen molar-refractivity contribution in [2.75, 3.05) is 39.6 Å². The molecule has 99 heavy (non-hydrogen) atoms. The van der Waals surface area contributed by atoms with Crippen LogP contribution < -0.4 is 0 Å². The molecule has 0 aromatic rings. The first-order valence-electron chi connectivity index (χ1n) is 41.2. The highest BCUT2D eigenvalue weighted by molar-refractivity contribution is 7.47. The summed E-state index contributed by atoms with van der Waals surface area (Å²) in [5.41, 5.74) is 0. The second kappa shape index (κ2) is 69.1. The van der Waals surface area contributed by atoms with Gasteiger partial charge in [-0.05, 0) is 49.4 Å². The maximum Gasteiger partial charge on any atom is 0.472 e. The number of esters is 4. The molecule has 0 bridgehead atoms. The first-order chi connectivity index (χ1) is 47.6. The quantitative estimate of drug-likeness (QED) is 0.0222. The molecule has 0 aliphatic heterocycles. The van der Waals surface area contributed by atoms with Gasteiger partial charge < -0.3 is 33.8 Å². The van der Waals surface area contributed by atoms with E-state index in [0.717, 1.165) is 114 Å². The fourth-order valence-electron chi connectivity index (χ4n) is 12.3. The van der Waals surface area contributed by atoms with E-state index in [-0.39, 0.29) is 25.7 Å². The number of aliphatic hydroxyl groups excluding tert-OH is 1. The standard InChI is InChI=1S/C80H156O17P2/c1-70(2)56-48-40-32-25-19-15-13-11-9-10-12-14-16-22-29-37-46-54-62-79(84)97-76(67-91-78(83)61-53-45-39-31-35-43-51-59-73(7)8)69-95-99(88,89)93-65-74(81)64-92-98(86,87)94-68-75(96-80(85)63-55-47-38-30-24-18-21-27-34-42-50-58-72(5)6)66-90-77(82)60-52-44-36-28-23-17-20-26-33-41-49-57-71(3)4/h70-76,81H,9-69H2,1-8H3,(H,86,87)(H,88,89)/t74?,75-,76-/m1/s1. The molecule has 588 valence electrons. The lowest BCUT2D eigenvalue weighted by Gasteiger charge is -2.21. The van der Waals surface area contributed by atoms with Gasteiger partial charge in [-0.3, -0.25) is 37.3 Å². The summed E-state index contributed by atoms with van der Waals surface area (Å²) in [4.78, 5) is 72.9. The molecule has 0 heterocycles. The molecule has 5 atom stereocenters. The first kappa shape index (κ1) is 97.1. The van der Waals surface area contributed by atoms with Crippen molar-refractivity contribution in [1.82, 2.24) is 0 Å². The van der Waals surface area contributed by atoms with E-state index in [1.54, 1.807) is 0 Å². The zero-order valence-electron chi connectivity index (χ0n) is 65.1. The normalized spacial score (nSPS) is 14.1. The molecule has 0 spiro atoms. The first-order valence-corrected chi connectivity index (χ1v) is 44.2. The molecule has 19 heteroatoms. The van der Waals surface area contributed by atoms with E-state index in [0.29, 0.717) is 31.6 Å². The fraction of sp³-hybridized carbons (Fsp3) is 0.950. The van der Waals surface area contributed by atoms with Gasteiger partial charge in [0, 0.05) is 25.7 Å². The summed E-state index contributed by atoms with van der Waals surface area (Å²) in [6.07, 6.45) is 55.6. The van der Waals surface area contributed by atoms with Crippen LogP contribution in [0.4, 0.5) is 0 Å². The number of phosphoric acid groups is 2. The number of hydrogen-bond acceptors (Lipinski definition) is 15. The molecule has 0 fully saturated rings. The van der Waals surface area contributed by atoms with Gasteiger partial charge in [0.1, 0.15) is 19.3 Å². The topological polar surface area (TPSA) is 237 Å². The fourth-order valence-corrected chi connectivity index (χ4v) is 13.8. The van der Waals surface area contributed by atoms with Crippen LogP contribution in [-0.2, 0) is 65.4 Å². The molecular weight excluding hydrogens is 1290 g/mol. The molecule has 17 nitrogen and oxygen atoms in total. The van der Waals surface area contributed by atoms with Gasteiger partial charge in [0.15, 0.2) is 12.2 Å². The van der Waals surface area contributed by atoms with Crippen LogP contribution in [0.5, 0.6) is 0 Å². The number of hydrogen-bond donors (Lipinski definition) is 3. The Morgan fingerprint density at radius 3 is 0.626 bits per heavy atom. The Bertz CT molecular complexity index is 1940. The lowest BCUT2D eigenvalue weighted by atomic mass is 10.0. The molecule has 0 aromatic carbocycles. The summed E-state index contributed by atoms with van der Waals surface area (Å²) < 4.78 is 68.7. The maximum atomic E-state index is 13.1. The van der Waals surface area contributed by atoms with E-state index in [1.165, 1.54) is 205 Å². The van der Waals surface area contributed by atoms with Crippen molar-refractivity contribution >= 4 is 39.5 Å². The predicted octanol–water partition coefficient (Wildman–Crippen LogP) is 23.6. The number of carbonyl (C=O) groups excluding carboxylic acids is 4. The highest BCUT2D eigenvalue weighted by Gasteiger charge is 2.30. The Hall–Kier alpha value is -1.94. The Labute approximate surface area is 607 Å². The lowest BCUT2D eigenvalue weighted by Crippen LogP contribution is -2.30. The van der Waals surface area contributed by atoms with Crippen molar-refractivity contribution in [3.05, 3.63) is 0 Å². The van der Waals surface area contributed by atoms with Gasteiger partial charge >= 0.3 is 39.5 Å². The number of aliphatic hydroxyl groups is 1. The van der Waals surface area contributed by atoms with E-state index in [9.17, 15) is 43.2 Å². The molecule has 0 radical (unpaired) electrons. The van der Waals surface area contributed by atoms with Crippen molar-refractivity contribution in [3.63, 3.8) is 0 Å². The third kappa shape index (κ3) is 74.1. The minimum absolute atomic E-state index is 0.106. The Morgan fingerprint density at radius 1 is 0.253 bits per heavy atom.